The van der Waals surface area contributed by atoms with Crippen molar-refractivity contribution in [1.29, 1.82) is 0 Å². The number of hydrogen-bond acceptors (Lipinski definition) is 18. The van der Waals surface area contributed by atoms with Crippen molar-refractivity contribution < 1.29 is 85.4 Å². The SMILES string of the molecule is CC(C)(C)OC(=O)N[C@H](c1ccc(OCc2cc(OCc3cc(OCc4ccccc4)cc(OCc4ccccc4)c3)cc(OCc3cc(OCc4ccccc4)cc(OCc4ccccc4)c3)c2)cc1)[C@H](NC(=O)OC(C)(C)C)c1ccc(OCc2cc(OCc3cc(OCc4ccccc4)cc(OCc4ccccc4)c3)cc(OCc3cc(OCc4ccccc4)cc(OCc4ccccc4)c3)c2)cc1. The lowest BCUT2D eigenvalue weighted by Gasteiger charge is -2.32. The standard InChI is InChI=1S/C122H116N2O18/c1-121(2,3)141-119(125)123-117(101-47-51-103(52-48-101)127-81-95-55-113(137-83-97-59-105(129-73-87-31-15-7-16-32-87)67-106(60-97)130-74-88-33-17-8-18-34-88)71-114(56-95)138-84-98-61-107(131-75-89-35-19-9-20-36-89)68-108(62-98)132-76-90-37-21-10-22-38-90)118(124-120(126)142-122(4,5)6)102-49-53-104(54-50-102)128-82-96-57-115(139-85-99-63-109(133-77-91-39-23-11-24-40-91)69-110(64-99)134-78-92-41-25-12-26-42-92)72-116(58-96)140-86-100-65-111(135-79-93-43-27-13-28-44-93)70-112(66-100)136-80-94-45-29-14-30-46-94/h7-72,117-118H,73-86H2,1-6H3,(H,123,125)(H,124,126)/t117-,118-/m1/s1. The summed E-state index contributed by atoms with van der Waals surface area (Å²) in [4.78, 5) is 28.7. The molecule has 0 saturated carbocycles. The molecule has 0 saturated heterocycles. The molecule has 2 atom stereocenters. The maximum Gasteiger partial charge on any atom is 0.408 e. The second-order valence-electron chi connectivity index (χ2n) is 36.2. The minimum Gasteiger partial charge on any atom is -0.489 e. The first-order valence-corrected chi connectivity index (χ1v) is 47.4. The fourth-order valence-electron chi connectivity index (χ4n) is 15.3. The molecule has 2 amide bonds. The number of carbonyl (C=O) groups excluding carboxylic acids is 2. The summed E-state index contributed by atoms with van der Waals surface area (Å²) >= 11 is 0. The van der Waals surface area contributed by atoms with Crippen LogP contribution in [-0.2, 0) is 102 Å². The molecule has 16 aromatic carbocycles. The van der Waals surface area contributed by atoms with Gasteiger partial charge >= 0.3 is 12.2 Å². The monoisotopic (exact) mass is 1900 g/mol. The van der Waals surface area contributed by atoms with Crippen LogP contribution in [-0.4, -0.2) is 23.4 Å². The summed E-state index contributed by atoms with van der Waals surface area (Å²) in [5, 5.41) is 6.24. The molecule has 16 aromatic rings. The van der Waals surface area contributed by atoms with Crippen molar-refractivity contribution in [2.45, 2.75) is 157 Å². The Kier molecular flexibility index (Phi) is 34.3. The van der Waals surface area contributed by atoms with Gasteiger partial charge in [0, 0.05) is 36.4 Å². The maximum atomic E-state index is 14.4. The Morgan fingerprint density at radius 2 is 0.310 bits per heavy atom. The quantitative estimate of drug-likeness (QED) is 0.0364. The molecule has 0 heterocycles. The zero-order valence-electron chi connectivity index (χ0n) is 80.5. The van der Waals surface area contributed by atoms with E-state index >= 15 is 0 Å². The molecule has 2 N–H and O–H groups in total. The summed E-state index contributed by atoms with van der Waals surface area (Å²) in [5.74, 6) is 7.86. The van der Waals surface area contributed by atoms with Crippen LogP contribution in [0.25, 0.3) is 0 Å². The predicted molar refractivity (Wildman–Crippen MR) is 548 cm³/mol. The molecular formula is C122H116N2O18. The van der Waals surface area contributed by atoms with Gasteiger partial charge in [-0.05, 0) is 228 Å². The highest BCUT2D eigenvalue weighted by molar-refractivity contribution is 5.71. The van der Waals surface area contributed by atoms with E-state index in [1.807, 2.05) is 400 Å². The Morgan fingerprint density at radius 1 is 0.176 bits per heavy atom. The normalized spacial score (nSPS) is 11.6. The van der Waals surface area contributed by atoms with Gasteiger partial charge in [0.2, 0.25) is 0 Å². The second-order valence-corrected chi connectivity index (χ2v) is 36.2. The number of alkyl carbamates (subject to hydrolysis) is 2. The fourth-order valence-corrected chi connectivity index (χ4v) is 15.3. The lowest BCUT2D eigenvalue weighted by molar-refractivity contribution is 0.0427. The minimum absolute atomic E-state index is 0.0569. The smallest absolute Gasteiger partial charge is 0.408 e. The summed E-state index contributed by atoms with van der Waals surface area (Å²) in [7, 11) is 0. The van der Waals surface area contributed by atoms with E-state index in [0.29, 0.717) is 156 Å². The molecule has 0 aliphatic rings. The van der Waals surface area contributed by atoms with Gasteiger partial charge in [0.25, 0.3) is 0 Å². The topological polar surface area (TPSA) is 206 Å². The van der Waals surface area contributed by atoms with E-state index in [1.54, 1.807) is 41.5 Å². The number of ether oxygens (including phenoxy) is 16. The zero-order valence-corrected chi connectivity index (χ0v) is 80.5. The summed E-state index contributed by atoms with van der Waals surface area (Å²) in [6, 6.07) is 127. The van der Waals surface area contributed by atoms with Gasteiger partial charge < -0.3 is 86.4 Å². The van der Waals surface area contributed by atoms with E-state index in [1.165, 1.54) is 0 Å². The highest BCUT2D eigenvalue weighted by atomic mass is 16.6. The Labute approximate surface area is 830 Å². The number of nitrogens with one attached hydrogen (secondary N) is 2. The fraction of sp³-hybridized carbons (Fsp3) is 0.197. The molecule has 0 aliphatic carbocycles. The number of hydrogen-bond donors (Lipinski definition) is 2. The van der Waals surface area contributed by atoms with Crippen LogP contribution in [0.15, 0.2) is 400 Å². The van der Waals surface area contributed by atoms with Crippen molar-refractivity contribution in [3.05, 3.63) is 489 Å². The van der Waals surface area contributed by atoms with Crippen molar-refractivity contribution >= 4 is 12.2 Å². The molecule has 16 rings (SSSR count). The Hall–Kier alpha value is -16.7. The van der Waals surface area contributed by atoms with Gasteiger partial charge in [0.1, 0.15) is 184 Å². The van der Waals surface area contributed by atoms with Crippen LogP contribution in [0.2, 0.25) is 0 Å². The van der Waals surface area contributed by atoms with Crippen molar-refractivity contribution in [2.75, 3.05) is 0 Å². The van der Waals surface area contributed by atoms with Crippen LogP contribution in [0, 0.1) is 0 Å². The molecule has 0 radical (unpaired) electrons. The van der Waals surface area contributed by atoms with E-state index in [4.69, 9.17) is 75.8 Å². The van der Waals surface area contributed by atoms with Gasteiger partial charge in [-0.25, -0.2) is 9.59 Å². The van der Waals surface area contributed by atoms with Crippen LogP contribution in [0.4, 0.5) is 9.59 Å². The Bertz CT molecular complexity index is 5690. The number of amides is 2. The second kappa shape index (κ2) is 49.5. The van der Waals surface area contributed by atoms with Crippen LogP contribution < -0.4 is 76.9 Å². The third-order valence-electron chi connectivity index (χ3n) is 22.2. The minimum atomic E-state index is -0.987. The first-order chi connectivity index (χ1) is 69.2. The summed E-state index contributed by atoms with van der Waals surface area (Å²) in [6.45, 7) is 14.1. The van der Waals surface area contributed by atoms with Gasteiger partial charge in [-0.2, -0.15) is 0 Å². The van der Waals surface area contributed by atoms with E-state index in [0.717, 1.165) is 66.8 Å². The van der Waals surface area contributed by atoms with Gasteiger partial charge in [0.05, 0.1) is 12.1 Å². The Balaban J connectivity index is 0.668. The molecule has 142 heavy (non-hydrogen) atoms. The molecule has 0 fully saturated rings. The molecule has 0 unspecified atom stereocenters. The van der Waals surface area contributed by atoms with E-state index in [9.17, 15) is 9.59 Å². The highest BCUT2D eigenvalue weighted by Gasteiger charge is 2.33. The first kappa shape index (κ1) is 98.3. The Morgan fingerprint density at radius 3 is 0.451 bits per heavy atom. The van der Waals surface area contributed by atoms with Crippen LogP contribution in [0.1, 0.15) is 143 Å². The number of rotatable bonds is 47. The molecule has 0 aliphatic heterocycles. The average molecular weight is 1900 g/mol. The summed E-state index contributed by atoms with van der Waals surface area (Å²) < 4.78 is 104. The molecule has 0 spiro atoms. The van der Waals surface area contributed by atoms with Crippen molar-refractivity contribution in [1.82, 2.24) is 10.6 Å². The molecule has 0 aromatic heterocycles. The van der Waals surface area contributed by atoms with Gasteiger partial charge in [0.15, 0.2) is 0 Å². The van der Waals surface area contributed by atoms with Crippen molar-refractivity contribution in [3.63, 3.8) is 0 Å². The third-order valence-corrected chi connectivity index (χ3v) is 22.2. The zero-order chi connectivity index (χ0) is 97.9. The predicted octanol–water partition coefficient (Wildman–Crippen LogP) is 27.6. The van der Waals surface area contributed by atoms with Crippen LogP contribution in [0.5, 0.6) is 80.5 Å². The lowest BCUT2D eigenvalue weighted by Crippen LogP contribution is -2.44. The molecule has 20 heteroatoms. The third kappa shape index (κ3) is 32.2. The van der Waals surface area contributed by atoms with E-state index < -0.39 is 35.5 Å². The maximum absolute atomic E-state index is 14.4. The van der Waals surface area contributed by atoms with E-state index in [2.05, 4.69) is 10.6 Å². The number of carbonyl (C=O) groups is 2. The average Bonchev–Trinajstić information content (AvgIpc) is 0.797. The van der Waals surface area contributed by atoms with Crippen molar-refractivity contribution in [3.8, 4) is 80.5 Å². The molecular weight excluding hydrogens is 1780 g/mol. The molecule has 0 bridgehead atoms. The van der Waals surface area contributed by atoms with Gasteiger partial charge in [-0.3, -0.25) is 0 Å². The summed E-state index contributed by atoms with van der Waals surface area (Å²) in [5.41, 5.74) is 12.1. The number of benzene rings is 16. The lowest BCUT2D eigenvalue weighted by atomic mass is 9.93. The van der Waals surface area contributed by atoms with Crippen LogP contribution >= 0.6 is 0 Å². The van der Waals surface area contributed by atoms with Crippen LogP contribution in [0.3, 0.4) is 0 Å². The summed E-state index contributed by atoms with van der Waals surface area (Å²) in [6.07, 6.45) is -1.47. The molecule has 722 valence electrons. The van der Waals surface area contributed by atoms with Gasteiger partial charge in [-0.1, -0.05) is 267 Å². The molecule has 20 nitrogen and oxygen atoms in total. The highest BCUT2D eigenvalue weighted by Crippen LogP contribution is 2.38. The van der Waals surface area contributed by atoms with E-state index in [-0.39, 0.29) is 39.6 Å². The largest absolute Gasteiger partial charge is 0.489 e. The van der Waals surface area contributed by atoms with Crippen molar-refractivity contribution in [2.24, 2.45) is 0 Å². The first-order valence-electron chi connectivity index (χ1n) is 47.4. The van der Waals surface area contributed by atoms with Gasteiger partial charge in [-0.15, -0.1) is 0 Å².